The molecular weight excluding hydrogens is 358 g/mol. The summed E-state index contributed by atoms with van der Waals surface area (Å²) in [5, 5.41) is 2.84. The zero-order valence-electron chi connectivity index (χ0n) is 15.1. The molecule has 0 saturated heterocycles. The molecule has 1 aliphatic heterocycles. The SMILES string of the molecule is O=C(NC1COc2ccccc2C1)c1cnc(COc2ccccc2)[nH]c1=O. The number of nitrogens with zero attached hydrogens (tertiary/aromatic N) is 1. The van der Waals surface area contributed by atoms with Crippen molar-refractivity contribution in [3.63, 3.8) is 0 Å². The van der Waals surface area contributed by atoms with Gasteiger partial charge in [0.05, 0.1) is 6.04 Å². The van der Waals surface area contributed by atoms with Crippen LogP contribution in [-0.2, 0) is 13.0 Å². The molecule has 3 aromatic rings. The molecule has 4 rings (SSSR count). The average Bonchev–Trinajstić information content (AvgIpc) is 2.73. The van der Waals surface area contributed by atoms with E-state index in [0.717, 1.165) is 11.3 Å². The van der Waals surface area contributed by atoms with Gasteiger partial charge >= 0.3 is 0 Å². The van der Waals surface area contributed by atoms with Crippen LogP contribution in [0.4, 0.5) is 0 Å². The second-order valence-corrected chi connectivity index (χ2v) is 6.47. The van der Waals surface area contributed by atoms with Gasteiger partial charge in [-0.25, -0.2) is 4.98 Å². The Kier molecular flexibility index (Phi) is 5.05. The molecule has 2 aromatic carbocycles. The largest absolute Gasteiger partial charge is 0.491 e. The summed E-state index contributed by atoms with van der Waals surface area (Å²) in [4.78, 5) is 31.5. The van der Waals surface area contributed by atoms with Crippen LogP contribution in [0.2, 0.25) is 0 Å². The maximum absolute atomic E-state index is 12.5. The zero-order chi connectivity index (χ0) is 19.3. The summed E-state index contributed by atoms with van der Waals surface area (Å²) >= 11 is 0. The zero-order valence-corrected chi connectivity index (χ0v) is 15.1. The molecule has 0 fully saturated rings. The van der Waals surface area contributed by atoms with Gasteiger partial charge in [-0.3, -0.25) is 9.59 Å². The number of amides is 1. The molecule has 0 radical (unpaired) electrons. The Labute approximate surface area is 161 Å². The number of para-hydroxylation sites is 2. The highest BCUT2D eigenvalue weighted by Crippen LogP contribution is 2.23. The fraction of sp³-hybridized carbons (Fsp3) is 0.190. The van der Waals surface area contributed by atoms with Crippen LogP contribution in [0.1, 0.15) is 21.7 Å². The smallest absolute Gasteiger partial charge is 0.263 e. The number of benzene rings is 2. The van der Waals surface area contributed by atoms with E-state index in [0.29, 0.717) is 24.6 Å². The lowest BCUT2D eigenvalue weighted by Gasteiger charge is -2.25. The maximum atomic E-state index is 12.5. The molecule has 0 spiro atoms. The van der Waals surface area contributed by atoms with Crippen molar-refractivity contribution in [3.8, 4) is 11.5 Å². The average molecular weight is 377 g/mol. The number of aromatic nitrogens is 2. The third kappa shape index (κ3) is 4.03. The quantitative estimate of drug-likeness (QED) is 0.710. The van der Waals surface area contributed by atoms with Gasteiger partial charge in [0.2, 0.25) is 0 Å². The standard InChI is InChI=1S/C21H19N3O4/c25-20(23-15-10-14-6-4-5-9-18(14)28-12-15)17-11-22-19(24-21(17)26)13-27-16-7-2-1-3-8-16/h1-9,11,15H,10,12-13H2,(H,23,25)(H,22,24,26). The number of H-pyrrole nitrogens is 1. The number of rotatable bonds is 5. The summed E-state index contributed by atoms with van der Waals surface area (Å²) in [5.74, 6) is 1.37. The molecule has 7 heteroatoms. The Morgan fingerprint density at radius 1 is 1.18 bits per heavy atom. The molecule has 7 nitrogen and oxygen atoms in total. The third-order valence-corrected chi connectivity index (χ3v) is 4.43. The first kappa shape index (κ1) is 17.8. The predicted molar refractivity (Wildman–Crippen MR) is 103 cm³/mol. The van der Waals surface area contributed by atoms with E-state index in [-0.39, 0.29) is 18.2 Å². The number of hydrogen-bond donors (Lipinski definition) is 2. The molecule has 142 valence electrons. The van der Waals surface area contributed by atoms with Crippen LogP contribution in [0.25, 0.3) is 0 Å². The molecule has 1 aliphatic rings. The summed E-state index contributed by atoms with van der Waals surface area (Å²) in [6.07, 6.45) is 1.92. The van der Waals surface area contributed by atoms with E-state index in [9.17, 15) is 9.59 Å². The van der Waals surface area contributed by atoms with Crippen molar-refractivity contribution in [1.82, 2.24) is 15.3 Å². The lowest BCUT2D eigenvalue weighted by Crippen LogP contribution is -2.44. The molecule has 1 unspecified atom stereocenters. The Hall–Kier alpha value is -3.61. The summed E-state index contributed by atoms with van der Waals surface area (Å²) in [6, 6.07) is 16.7. The van der Waals surface area contributed by atoms with Crippen LogP contribution in [0, 0.1) is 0 Å². The number of carbonyl (C=O) groups is 1. The molecule has 0 bridgehead atoms. The molecule has 2 N–H and O–H groups in total. The minimum Gasteiger partial charge on any atom is -0.491 e. The Balaban J connectivity index is 1.39. The van der Waals surface area contributed by atoms with Crippen LogP contribution in [-0.4, -0.2) is 28.5 Å². The van der Waals surface area contributed by atoms with E-state index in [1.807, 2.05) is 54.6 Å². The first-order valence-corrected chi connectivity index (χ1v) is 8.96. The molecular formula is C21H19N3O4. The fourth-order valence-electron chi connectivity index (χ4n) is 3.02. The van der Waals surface area contributed by atoms with Crippen LogP contribution in [0.15, 0.2) is 65.6 Å². The Morgan fingerprint density at radius 3 is 2.79 bits per heavy atom. The highest BCUT2D eigenvalue weighted by molar-refractivity contribution is 5.93. The van der Waals surface area contributed by atoms with Gasteiger partial charge in [-0.1, -0.05) is 36.4 Å². The molecule has 0 saturated carbocycles. The van der Waals surface area contributed by atoms with Crippen molar-refractivity contribution in [2.24, 2.45) is 0 Å². The van der Waals surface area contributed by atoms with Crippen molar-refractivity contribution < 1.29 is 14.3 Å². The molecule has 2 heterocycles. The van der Waals surface area contributed by atoms with Crippen molar-refractivity contribution >= 4 is 5.91 Å². The van der Waals surface area contributed by atoms with E-state index in [2.05, 4.69) is 15.3 Å². The third-order valence-electron chi connectivity index (χ3n) is 4.43. The molecule has 1 atom stereocenters. The lowest BCUT2D eigenvalue weighted by molar-refractivity contribution is 0.0913. The van der Waals surface area contributed by atoms with Gasteiger partial charge in [0, 0.05) is 6.20 Å². The Morgan fingerprint density at radius 2 is 1.96 bits per heavy atom. The highest BCUT2D eigenvalue weighted by atomic mass is 16.5. The van der Waals surface area contributed by atoms with E-state index >= 15 is 0 Å². The van der Waals surface area contributed by atoms with Gasteiger partial charge in [0.25, 0.3) is 11.5 Å². The molecule has 28 heavy (non-hydrogen) atoms. The van der Waals surface area contributed by atoms with E-state index in [1.165, 1.54) is 6.20 Å². The fourth-order valence-corrected chi connectivity index (χ4v) is 3.02. The second kappa shape index (κ2) is 7.96. The minimum absolute atomic E-state index is 0.0395. The van der Waals surface area contributed by atoms with Gasteiger partial charge in [-0.2, -0.15) is 0 Å². The minimum atomic E-state index is -0.503. The lowest BCUT2D eigenvalue weighted by atomic mass is 10.0. The number of ether oxygens (including phenoxy) is 2. The number of hydrogen-bond acceptors (Lipinski definition) is 5. The number of aromatic amines is 1. The van der Waals surface area contributed by atoms with Crippen molar-refractivity contribution in [3.05, 3.63) is 88.1 Å². The van der Waals surface area contributed by atoms with Gasteiger partial charge in [-0.15, -0.1) is 0 Å². The van der Waals surface area contributed by atoms with E-state index in [1.54, 1.807) is 0 Å². The molecule has 1 amide bonds. The highest BCUT2D eigenvalue weighted by Gasteiger charge is 2.23. The maximum Gasteiger partial charge on any atom is 0.263 e. The van der Waals surface area contributed by atoms with E-state index in [4.69, 9.17) is 9.47 Å². The summed E-state index contributed by atoms with van der Waals surface area (Å²) < 4.78 is 11.2. The van der Waals surface area contributed by atoms with Gasteiger partial charge in [-0.05, 0) is 30.2 Å². The summed E-state index contributed by atoms with van der Waals surface area (Å²) in [5.41, 5.74) is 0.484. The number of carbonyl (C=O) groups excluding carboxylic acids is 1. The van der Waals surface area contributed by atoms with Gasteiger partial charge in [0.1, 0.15) is 36.1 Å². The van der Waals surface area contributed by atoms with Crippen LogP contribution in [0.3, 0.4) is 0 Å². The van der Waals surface area contributed by atoms with Crippen molar-refractivity contribution in [2.75, 3.05) is 6.61 Å². The second-order valence-electron chi connectivity index (χ2n) is 6.47. The van der Waals surface area contributed by atoms with E-state index < -0.39 is 11.5 Å². The van der Waals surface area contributed by atoms with Crippen molar-refractivity contribution in [1.29, 1.82) is 0 Å². The first-order chi connectivity index (χ1) is 13.7. The molecule has 1 aromatic heterocycles. The van der Waals surface area contributed by atoms with Crippen LogP contribution in [0.5, 0.6) is 11.5 Å². The monoisotopic (exact) mass is 377 g/mol. The normalized spacial score (nSPS) is 15.2. The van der Waals surface area contributed by atoms with Gasteiger partial charge < -0.3 is 19.8 Å². The van der Waals surface area contributed by atoms with Gasteiger partial charge in [0.15, 0.2) is 0 Å². The summed E-state index contributed by atoms with van der Waals surface area (Å²) in [6.45, 7) is 0.464. The topological polar surface area (TPSA) is 93.3 Å². The predicted octanol–water partition coefficient (Wildman–Crippen LogP) is 2.08. The van der Waals surface area contributed by atoms with Crippen LogP contribution < -0.4 is 20.3 Å². The van der Waals surface area contributed by atoms with Crippen molar-refractivity contribution in [2.45, 2.75) is 19.1 Å². The number of nitrogens with one attached hydrogen (secondary N) is 2. The summed E-state index contributed by atoms with van der Waals surface area (Å²) in [7, 11) is 0. The Bertz CT molecular complexity index is 1030. The number of fused-ring (bicyclic) bond motifs is 1. The first-order valence-electron chi connectivity index (χ1n) is 8.96. The van der Waals surface area contributed by atoms with Crippen LogP contribution >= 0.6 is 0 Å². The molecule has 0 aliphatic carbocycles.